The van der Waals surface area contributed by atoms with E-state index in [0.717, 1.165) is 12.8 Å². The maximum atomic E-state index is 13.4. The maximum Gasteiger partial charge on any atom is 0.305 e. The summed E-state index contributed by atoms with van der Waals surface area (Å²) < 4.78 is 13.4. The van der Waals surface area contributed by atoms with Crippen LogP contribution in [0.3, 0.4) is 0 Å². The molecular formula is C15H18FNO3S. The summed E-state index contributed by atoms with van der Waals surface area (Å²) >= 11 is 1.31. The number of carboxylic acid groups (broad SMARTS) is 1. The third-order valence-corrected chi connectivity index (χ3v) is 4.57. The Morgan fingerprint density at radius 2 is 2.14 bits per heavy atom. The van der Waals surface area contributed by atoms with Crippen molar-refractivity contribution in [1.29, 1.82) is 0 Å². The maximum absolute atomic E-state index is 13.4. The van der Waals surface area contributed by atoms with Gasteiger partial charge in [-0.05, 0) is 25.0 Å². The first-order chi connectivity index (χ1) is 10.1. The van der Waals surface area contributed by atoms with Crippen LogP contribution in [0, 0.1) is 5.82 Å². The van der Waals surface area contributed by atoms with Crippen molar-refractivity contribution in [3.63, 3.8) is 0 Å². The van der Waals surface area contributed by atoms with Crippen molar-refractivity contribution < 1.29 is 19.1 Å². The van der Waals surface area contributed by atoms with Gasteiger partial charge in [0, 0.05) is 29.7 Å². The summed E-state index contributed by atoms with van der Waals surface area (Å²) in [5.74, 6) is -0.696. The molecule has 1 saturated heterocycles. The van der Waals surface area contributed by atoms with Crippen LogP contribution in [-0.2, 0) is 9.59 Å². The van der Waals surface area contributed by atoms with Crippen LogP contribution in [0.4, 0.5) is 4.39 Å². The number of halogens is 1. The van der Waals surface area contributed by atoms with Gasteiger partial charge in [-0.1, -0.05) is 12.1 Å². The number of hydrogen-bond acceptors (Lipinski definition) is 3. The van der Waals surface area contributed by atoms with Crippen molar-refractivity contribution in [2.45, 2.75) is 36.6 Å². The van der Waals surface area contributed by atoms with Gasteiger partial charge in [0.2, 0.25) is 5.91 Å². The normalized spacial score (nSPS) is 18.0. The molecule has 1 aliphatic rings. The van der Waals surface area contributed by atoms with Crippen LogP contribution < -0.4 is 0 Å². The van der Waals surface area contributed by atoms with Crippen LogP contribution in [-0.4, -0.2) is 40.2 Å². The molecule has 0 spiro atoms. The summed E-state index contributed by atoms with van der Waals surface area (Å²) in [6.07, 6.45) is 1.91. The smallest absolute Gasteiger partial charge is 0.305 e. The molecule has 1 atom stereocenters. The zero-order chi connectivity index (χ0) is 15.2. The Morgan fingerprint density at radius 1 is 1.38 bits per heavy atom. The molecule has 4 nitrogen and oxygen atoms in total. The lowest BCUT2D eigenvalue weighted by molar-refractivity contribution is -0.139. The summed E-state index contributed by atoms with van der Waals surface area (Å²) in [4.78, 5) is 25.1. The van der Waals surface area contributed by atoms with E-state index in [-0.39, 0.29) is 24.2 Å². The molecule has 1 heterocycles. The molecule has 114 valence electrons. The standard InChI is InChI=1S/C15H18FNO3S/c16-12-5-1-2-6-13(12)21-9-7-14(18)17-8-3-4-11(17)10-15(19)20/h1-2,5-6,11H,3-4,7-10H2,(H,19,20). The molecule has 0 radical (unpaired) electrons. The van der Waals surface area contributed by atoms with E-state index >= 15 is 0 Å². The van der Waals surface area contributed by atoms with Gasteiger partial charge in [0.05, 0.1) is 6.42 Å². The topological polar surface area (TPSA) is 57.6 Å². The van der Waals surface area contributed by atoms with Crippen LogP contribution in [0.1, 0.15) is 25.7 Å². The molecular weight excluding hydrogens is 293 g/mol. The molecule has 6 heteroatoms. The number of hydrogen-bond donors (Lipinski definition) is 1. The fourth-order valence-corrected chi connectivity index (χ4v) is 3.41. The Hall–Kier alpha value is -1.56. The van der Waals surface area contributed by atoms with Gasteiger partial charge >= 0.3 is 5.97 Å². The van der Waals surface area contributed by atoms with Gasteiger partial charge in [0.1, 0.15) is 5.82 Å². The van der Waals surface area contributed by atoms with Crippen molar-refractivity contribution in [3.05, 3.63) is 30.1 Å². The lowest BCUT2D eigenvalue weighted by atomic mass is 10.1. The van der Waals surface area contributed by atoms with Crippen molar-refractivity contribution in [3.8, 4) is 0 Å². The molecule has 2 rings (SSSR count). The molecule has 1 amide bonds. The Morgan fingerprint density at radius 3 is 2.86 bits per heavy atom. The first-order valence-electron chi connectivity index (χ1n) is 6.96. The first-order valence-corrected chi connectivity index (χ1v) is 7.95. The van der Waals surface area contributed by atoms with E-state index in [4.69, 9.17) is 5.11 Å². The molecule has 21 heavy (non-hydrogen) atoms. The van der Waals surface area contributed by atoms with Crippen molar-refractivity contribution in [1.82, 2.24) is 4.90 Å². The van der Waals surface area contributed by atoms with Gasteiger partial charge in [-0.25, -0.2) is 4.39 Å². The lowest BCUT2D eigenvalue weighted by Gasteiger charge is -2.23. The lowest BCUT2D eigenvalue weighted by Crippen LogP contribution is -2.36. The van der Waals surface area contributed by atoms with E-state index in [1.807, 2.05) is 0 Å². The Balaban J connectivity index is 1.81. The highest BCUT2D eigenvalue weighted by Crippen LogP contribution is 2.24. The Bertz CT molecular complexity index is 523. The van der Waals surface area contributed by atoms with Crippen molar-refractivity contribution >= 4 is 23.6 Å². The zero-order valence-corrected chi connectivity index (χ0v) is 12.4. The third-order valence-electron chi connectivity index (χ3n) is 3.52. The van der Waals surface area contributed by atoms with Gasteiger partial charge in [-0.3, -0.25) is 9.59 Å². The van der Waals surface area contributed by atoms with Crippen LogP contribution in [0.5, 0.6) is 0 Å². The minimum absolute atomic E-state index is 0.00615. The molecule has 0 aliphatic carbocycles. The summed E-state index contributed by atoms with van der Waals surface area (Å²) in [6, 6.07) is 6.29. The third kappa shape index (κ3) is 4.46. The fourth-order valence-electron chi connectivity index (χ4n) is 2.53. The molecule has 1 aliphatic heterocycles. The highest BCUT2D eigenvalue weighted by Gasteiger charge is 2.29. The number of benzene rings is 1. The van der Waals surface area contributed by atoms with E-state index in [0.29, 0.717) is 23.6 Å². The average Bonchev–Trinajstić information content (AvgIpc) is 2.88. The van der Waals surface area contributed by atoms with E-state index in [2.05, 4.69) is 0 Å². The number of nitrogens with zero attached hydrogens (tertiary/aromatic N) is 1. The van der Waals surface area contributed by atoms with E-state index in [9.17, 15) is 14.0 Å². The number of rotatable bonds is 6. The van der Waals surface area contributed by atoms with Gasteiger partial charge < -0.3 is 10.0 Å². The predicted octanol–water partition coefficient (Wildman–Crippen LogP) is 2.77. The van der Waals surface area contributed by atoms with Crippen LogP contribution in [0.25, 0.3) is 0 Å². The first kappa shape index (κ1) is 15.8. The van der Waals surface area contributed by atoms with Crippen LogP contribution in [0.15, 0.2) is 29.2 Å². The summed E-state index contributed by atoms with van der Waals surface area (Å²) in [6.45, 7) is 0.626. The second-order valence-corrected chi connectivity index (χ2v) is 6.15. The summed E-state index contributed by atoms with van der Waals surface area (Å²) in [7, 11) is 0. The number of carbonyl (C=O) groups is 2. The van der Waals surface area contributed by atoms with Gasteiger partial charge in [0.25, 0.3) is 0 Å². The van der Waals surface area contributed by atoms with Crippen molar-refractivity contribution in [2.75, 3.05) is 12.3 Å². The van der Waals surface area contributed by atoms with E-state index in [1.165, 1.54) is 17.8 Å². The van der Waals surface area contributed by atoms with Crippen molar-refractivity contribution in [2.24, 2.45) is 0 Å². The second-order valence-electron chi connectivity index (χ2n) is 5.01. The minimum atomic E-state index is -0.875. The molecule has 1 N–H and O–H groups in total. The molecule has 1 unspecified atom stereocenters. The Labute approximate surface area is 127 Å². The number of carboxylic acids is 1. The summed E-state index contributed by atoms with van der Waals surface area (Å²) in [5.41, 5.74) is 0. The molecule has 0 bridgehead atoms. The van der Waals surface area contributed by atoms with Crippen LogP contribution in [0.2, 0.25) is 0 Å². The quantitative estimate of drug-likeness (QED) is 0.821. The Kier molecular flexibility index (Phi) is 5.61. The monoisotopic (exact) mass is 311 g/mol. The largest absolute Gasteiger partial charge is 0.481 e. The number of amides is 1. The highest BCUT2D eigenvalue weighted by molar-refractivity contribution is 7.99. The van der Waals surface area contributed by atoms with E-state index < -0.39 is 5.97 Å². The summed E-state index contributed by atoms with van der Waals surface area (Å²) in [5, 5.41) is 8.84. The number of likely N-dealkylation sites (tertiary alicyclic amines) is 1. The van der Waals surface area contributed by atoms with E-state index in [1.54, 1.807) is 23.1 Å². The van der Waals surface area contributed by atoms with Gasteiger partial charge in [-0.2, -0.15) is 0 Å². The minimum Gasteiger partial charge on any atom is -0.481 e. The predicted molar refractivity (Wildman–Crippen MR) is 78.7 cm³/mol. The highest BCUT2D eigenvalue weighted by atomic mass is 32.2. The second kappa shape index (κ2) is 7.45. The average molecular weight is 311 g/mol. The fraction of sp³-hybridized carbons (Fsp3) is 0.467. The van der Waals surface area contributed by atoms with Gasteiger partial charge in [0.15, 0.2) is 0 Å². The molecule has 0 aromatic heterocycles. The number of aliphatic carboxylic acids is 1. The number of carbonyl (C=O) groups excluding carboxylic acids is 1. The molecule has 1 fully saturated rings. The molecule has 1 aromatic rings. The van der Waals surface area contributed by atoms with Gasteiger partial charge in [-0.15, -0.1) is 11.8 Å². The molecule has 1 aromatic carbocycles. The van der Waals surface area contributed by atoms with Crippen LogP contribution >= 0.6 is 11.8 Å². The molecule has 0 saturated carbocycles. The number of thioether (sulfide) groups is 1. The SMILES string of the molecule is O=C(O)CC1CCCN1C(=O)CCSc1ccccc1F. The zero-order valence-electron chi connectivity index (χ0n) is 11.6.